The van der Waals surface area contributed by atoms with Gasteiger partial charge < -0.3 is 14.8 Å². The maximum Gasteiger partial charge on any atom is 0.0948 e. The molecule has 0 spiro atoms. The number of hydrogen-bond acceptors (Lipinski definition) is 3. The van der Waals surface area contributed by atoms with Crippen LogP contribution in [0, 0.1) is 0 Å². The second kappa shape index (κ2) is 5.58. The van der Waals surface area contributed by atoms with Crippen LogP contribution in [0.25, 0.3) is 0 Å². The van der Waals surface area contributed by atoms with Crippen molar-refractivity contribution < 1.29 is 0 Å². The average molecular weight is 244 g/mol. The maximum absolute atomic E-state index is 4.16. The van der Waals surface area contributed by atoms with Crippen LogP contribution in [-0.4, -0.2) is 23.6 Å². The van der Waals surface area contributed by atoms with Crippen LogP contribution in [0.15, 0.2) is 36.8 Å². The summed E-state index contributed by atoms with van der Waals surface area (Å²) in [4.78, 5) is 6.25. The van der Waals surface area contributed by atoms with E-state index < -0.39 is 0 Å². The first-order chi connectivity index (χ1) is 8.70. The van der Waals surface area contributed by atoms with E-state index in [9.17, 15) is 0 Å². The van der Waals surface area contributed by atoms with Crippen molar-refractivity contribution in [2.75, 3.05) is 24.3 Å². The molecule has 4 nitrogen and oxygen atoms in total. The standard InChI is InChI=1S/C14H20N4/c1-4-18-11-15-9-14(18)10-16-12-5-7-13(8-6-12)17(2)3/h5-9,11,16H,4,10H2,1-3H3. The summed E-state index contributed by atoms with van der Waals surface area (Å²) in [5, 5.41) is 3.41. The van der Waals surface area contributed by atoms with Gasteiger partial charge in [0.2, 0.25) is 0 Å². The molecule has 0 bridgehead atoms. The Bertz CT molecular complexity index is 485. The number of nitrogens with one attached hydrogen (secondary N) is 1. The Balaban J connectivity index is 1.98. The van der Waals surface area contributed by atoms with Gasteiger partial charge in [-0.3, -0.25) is 0 Å². The molecular formula is C14H20N4. The van der Waals surface area contributed by atoms with Crippen molar-refractivity contribution in [1.29, 1.82) is 0 Å². The first-order valence-electron chi connectivity index (χ1n) is 6.21. The SMILES string of the molecule is CCn1cncc1CNc1ccc(N(C)C)cc1. The Labute approximate surface area is 108 Å². The minimum atomic E-state index is 0.801. The molecule has 0 amide bonds. The number of rotatable bonds is 5. The largest absolute Gasteiger partial charge is 0.379 e. The predicted octanol–water partition coefficient (Wildman–Crippen LogP) is 2.58. The lowest BCUT2D eigenvalue weighted by Gasteiger charge is -2.13. The number of anilines is 2. The highest BCUT2D eigenvalue weighted by Crippen LogP contribution is 2.16. The van der Waals surface area contributed by atoms with Crippen LogP contribution < -0.4 is 10.2 Å². The first kappa shape index (κ1) is 12.5. The Morgan fingerprint density at radius 3 is 2.56 bits per heavy atom. The molecule has 0 atom stereocenters. The molecule has 0 radical (unpaired) electrons. The zero-order chi connectivity index (χ0) is 13.0. The van der Waals surface area contributed by atoms with E-state index in [0.717, 1.165) is 18.8 Å². The first-order valence-corrected chi connectivity index (χ1v) is 6.21. The topological polar surface area (TPSA) is 33.1 Å². The molecule has 1 heterocycles. The number of benzene rings is 1. The number of imidazole rings is 1. The average Bonchev–Trinajstić information content (AvgIpc) is 2.84. The summed E-state index contributed by atoms with van der Waals surface area (Å²) in [6.07, 6.45) is 3.77. The molecule has 0 saturated heterocycles. The van der Waals surface area contributed by atoms with Crippen molar-refractivity contribution in [2.24, 2.45) is 0 Å². The van der Waals surface area contributed by atoms with E-state index >= 15 is 0 Å². The Kier molecular flexibility index (Phi) is 3.87. The van der Waals surface area contributed by atoms with Crippen molar-refractivity contribution in [3.8, 4) is 0 Å². The van der Waals surface area contributed by atoms with E-state index in [2.05, 4.69) is 51.0 Å². The van der Waals surface area contributed by atoms with Gasteiger partial charge >= 0.3 is 0 Å². The number of nitrogens with zero attached hydrogens (tertiary/aromatic N) is 3. The Hall–Kier alpha value is -1.97. The molecule has 0 aliphatic carbocycles. The predicted molar refractivity (Wildman–Crippen MR) is 76.0 cm³/mol. The van der Waals surface area contributed by atoms with Gasteiger partial charge in [0, 0.05) is 38.2 Å². The molecule has 1 aromatic heterocycles. The molecule has 0 unspecified atom stereocenters. The van der Waals surface area contributed by atoms with E-state index in [-0.39, 0.29) is 0 Å². The van der Waals surface area contributed by atoms with Gasteiger partial charge in [-0.15, -0.1) is 0 Å². The van der Waals surface area contributed by atoms with E-state index in [0.29, 0.717) is 0 Å². The lowest BCUT2D eigenvalue weighted by Crippen LogP contribution is -2.09. The van der Waals surface area contributed by atoms with Gasteiger partial charge in [0.25, 0.3) is 0 Å². The van der Waals surface area contributed by atoms with Gasteiger partial charge in [0.05, 0.1) is 18.6 Å². The van der Waals surface area contributed by atoms with E-state index in [4.69, 9.17) is 0 Å². The minimum absolute atomic E-state index is 0.801. The number of aromatic nitrogens is 2. The van der Waals surface area contributed by atoms with Gasteiger partial charge in [-0.05, 0) is 31.2 Å². The quantitative estimate of drug-likeness (QED) is 0.877. The summed E-state index contributed by atoms with van der Waals surface area (Å²) in [6, 6.07) is 8.42. The van der Waals surface area contributed by atoms with Gasteiger partial charge in [0.15, 0.2) is 0 Å². The number of hydrogen-bond donors (Lipinski definition) is 1. The van der Waals surface area contributed by atoms with Crippen LogP contribution in [0.5, 0.6) is 0 Å². The van der Waals surface area contributed by atoms with Crippen LogP contribution in [0.4, 0.5) is 11.4 Å². The third-order valence-corrected chi connectivity index (χ3v) is 3.00. The van der Waals surface area contributed by atoms with Crippen LogP contribution in [-0.2, 0) is 13.1 Å². The summed E-state index contributed by atoms with van der Waals surface area (Å²) in [6.45, 7) is 3.88. The molecule has 1 aromatic carbocycles. The molecule has 0 saturated carbocycles. The van der Waals surface area contributed by atoms with Gasteiger partial charge in [-0.2, -0.15) is 0 Å². The van der Waals surface area contributed by atoms with E-state index in [1.165, 1.54) is 11.4 Å². The second-order valence-electron chi connectivity index (χ2n) is 4.47. The Morgan fingerprint density at radius 1 is 1.22 bits per heavy atom. The monoisotopic (exact) mass is 244 g/mol. The molecule has 2 aromatic rings. The van der Waals surface area contributed by atoms with Crippen molar-refractivity contribution in [1.82, 2.24) is 9.55 Å². The van der Waals surface area contributed by atoms with E-state index in [1.54, 1.807) is 0 Å². The lowest BCUT2D eigenvalue weighted by molar-refractivity contribution is 0.719. The van der Waals surface area contributed by atoms with Gasteiger partial charge in [0.1, 0.15) is 0 Å². The normalized spacial score (nSPS) is 10.4. The summed E-state index contributed by atoms with van der Waals surface area (Å²) in [7, 11) is 4.09. The van der Waals surface area contributed by atoms with Crippen LogP contribution >= 0.6 is 0 Å². The molecule has 0 aliphatic heterocycles. The fourth-order valence-electron chi connectivity index (χ4n) is 1.85. The third-order valence-electron chi connectivity index (χ3n) is 3.00. The molecular weight excluding hydrogens is 224 g/mol. The van der Waals surface area contributed by atoms with Crippen molar-refractivity contribution in [2.45, 2.75) is 20.0 Å². The lowest BCUT2D eigenvalue weighted by atomic mass is 10.2. The van der Waals surface area contributed by atoms with Gasteiger partial charge in [-0.25, -0.2) is 4.98 Å². The molecule has 4 heteroatoms. The maximum atomic E-state index is 4.16. The van der Waals surface area contributed by atoms with Crippen molar-refractivity contribution in [3.05, 3.63) is 42.5 Å². The van der Waals surface area contributed by atoms with E-state index in [1.807, 2.05) is 26.6 Å². The highest BCUT2D eigenvalue weighted by atomic mass is 15.1. The molecule has 1 N–H and O–H groups in total. The summed E-state index contributed by atoms with van der Waals surface area (Å²) in [5.41, 5.74) is 3.54. The third kappa shape index (κ3) is 2.83. The minimum Gasteiger partial charge on any atom is -0.379 e. The molecule has 0 aliphatic rings. The fourth-order valence-corrected chi connectivity index (χ4v) is 1.85. The van der Waals surface area contributed by atoms with Crippen molar-refractivity contribution >= 4 is 11.4 Å². The van der Waals surface area contributed by atoms with Crippen molar-refractivity contribution in [3.63, 3.8) is 0 Å². The number of aryl methyl sites for hydroxylation is 1. The zero-order valence-electron chi connectivity index (χ0n) is 11.2. The van der Waals surface area contributed by atoms with Gasteiger partial charge in [-0.1, -0.05) is 0 Å². The highest BCUT2D eigenvalue weighted by Gasteiger charge is 2.00. The summed E-state index contributed by atoms with van der Waals surface area (Å²) >= 11 is 0. The molecule has 96 valence electrons. The second-order valence-corrected chi connectivity index (χ2v) is 4.47. The summed E-state index contributed by atoms with van der Waals surface area (Å²) < 4.78 is 2.14. The molecule has 0 fully saturated rings. The molecule has 2 rings (SSSR count). The highest BCUT2D eigenvalue weighted by molar-refractivity contribution is 5.54. The van der Waals surface area contributed by atoms with Crippen LogP contribution in [0.1, 0.15) is 12.6 Å². The molecule has 18 heavy (non-hydrogen) atoms. The zero-order valence-corrected chi connectivity index (χ0v) is 11.2. The van der Waals surface area contributed by atoms with Crippen LogP contribution in [0.3, 0.4) is 0 Å². The summed E-state index contributed by atoms with van der Waals surface area (Å²) in [5.74, 6) is 0. The fraction of sp³-hybridized carbons (Fsp3) is 0.357. The smallest absolute Gasteiger partial charge is 0.0948 e. The Morgan fingerprint density at radius 2 is 1.94 bits per heavy atom. The van der Waals surface area contributed by atoms with Crippen LogP contribution in [0.2, 0.25) is 0 Å².